The molecule has 1 aliphatic rings. The van der Waals surface area contributed by atoms with E-state index < -0.39 is 0 Å². The first-order chi connectivity index (χ1) is 11.1. The minimum Gasteiger partial charge on any atom is -0.357 e. The predicted octanol–water partition coefficient (Wildman–Crippen LogP) is 1.39. The molecule has 1 unspecified atom stereocenters. The molecule has 1 rings (SSSR count). The van der Waals surface area contributed by atoms with Gasteiger partial charge in [-0.25, -0.2) is 0 Å². The third kappa shape index (κ3) is 7.07. The van der Waals surface area contributed by atoms with E-state index in [2.05, 4.69) is 50.4 Å². The normalized spacial score (nSPS) is 19.3. The summed E-state index contributed by atoms with van der Waals surface area (Å²) < 4.78 is 0. The molecule has 0 aromatic heterocycles. The summed E-state index contributed by atoms with van der Waals surface area (Å²) in [5, 5.41) is 6.82. The molecule has 0 aliphatic carbocycles. The topological polar surface area (TPSA) is 60.0 Å². The van der Waals surface area contributed by atoms with Crippen molar-refractivity contribution >= 4 is 11.9 Å². The third-order valence-corrected chi connectivity index (χ3v) is 4.09. The van der Waals surface area contributed by atoms with Crippen molar-refractivity contribution in [3.05, 3.63) is 0 Å². The molecule has 140 valence electrons. The second kappa shape index (κ2) is 9.25. The molecule has 6 nitrogen and oxygen atoms in total. The van der Waals surface area contributed by atoms with E-state index in [1.54, 1.807) is 0 Å². The number of nitrogens with one attached hydrogen (secondary N) is 2. The van der Waals surface area contributed by atoms with Crippen LogP contribution in [0.25, 0.3) is 0 Å². The van der Waals surface area contributed by atoms with Gasteiger partial charge in [0, 0.05) is 44.7 Å². The Kier molecular flexibility index (Phi) is 8.00. The van der Waals surface area contributed by atoms with Gasteiger partial charge in [0.05, 0.1) is 0 Å². The summed E-state index contributed by atoms with van der Waals surface area (Å²) in [5.41, 5.74) is 0.126. The molecule has 0 radical (unpaired) electrons. The first-order valence-electron chi connectivity index (χ1n) is 9.13. The largest absolute Gasteiger partial charge is 0.357 e. The van der Waals surface area contributed by atoms with Crippen LogP contribution in [0.5, 0.6) is 0 Å². The Morgan fingerprint density at radius 1 is 1.38 bits per heavy atom. The lowest BCUT2D eigenvalue weighted by Gasteiger charge is -2.27. The molecule has 1 saturated heterocycles. The molecule has 0 aromatic rings. The predicted molar refractivity (Wildman–Crippen MR) is 101 cm³/mol. The fourth-order valence-corrected chi connectivity index (χ4v) is 3.16. The van der Waals surface area contributed by atoms with Crippen LogP contribution in [0.3, 0.4) is 0 Å². The zero-order chi connectivity index (χ0) is 18.3. The summed E-state index contributed by atoms with van der Waals surface area (Å²) in [5.74, 6) is 1.17. The Morgan fingerprint density at radius 3 is 2.58 bits per heavy atom. The first-order valence-corrected chi connectivity index (χ1v) is 9.13. The van der Waals surface area contributed by atoms with Gasteiger partial charge in [-0.1, -0.05) is 27.7 Å². The van der Waals surface area contributed by atoms with Crippen molar-refractivity contribution in [2.75, 3.05) is 46.8 Å². The standard InChI is InChI=1S/C18H37N5O/c1-8-19-17(20-12-18(4,5)13-22(6)7)21-15-9-10-23(11-15)16(24)14(2)3/h14-15H,8-13H2,1-7H3,(H2,19,20,21). The fourth-order valence-electron chi connectivity index (χ4n) is 3.16. The SMILES string of the molecule is CCNC(=NCC(C)(C)CN(C)C)NC1CCN(C(=O)C(C)C)C1. The van der Waals surface area contributed by atoms with E-state index in [-0.39, 0.29) is 23.3 Å². The minimum absolute atomic E-state index is 0.0671. The number of amides is 1. The maximum atomic E-state index is 12.1. The molecule has 1 aliphatic heterocycles. The number of hydrogen-bond donors (Lipinski definition) is 2. The van der Waals surface area contributed by atoms with E-state index in [1.165, 1.54) is 0 Å². The molecule has 0 aromatic carbocycles. The molecule has 1 amide bonds. The number of aliphatic imine (C=N–C) groups is 1. The summed E-state index contributed by atoms with van der Waals surface area (Å²) in [6, 6.07) is 0.280. The molecule has 24 heavy (non-hydrogen) atoms. The van der Waals surface area contributed by atoms with Crippen molar-refractivity contribution in [3.8, 4) is 0 Å². The lowest BCUT2D eigenvalue weighted by Crippen LogP contribution is -2.46. The van der Waals surface area contributed by atoms with Crippen LogP contribution in [0.2, 0.25) is 0 Å². The number of rotatable bonds is 7. The average molecular weight is 340 g/mol. The number of carbonyl (C=O) groups is 1. The van der Waals surface area contributed by atoms with E-state index in [0.29, 0.717) is 0 Å². The van der Waals surface area contributed by atoms with Gasteiger partial charge in [-0.3, -0.25) is 9.79 Å². The monoisotopic (exact) mass is 339 g/mol. The Labute approximate surface area is 148 Å². The van der Waals surface area contributed by atoms with Gasteiger partial charge in [-0.15, -0.1) is 0 Å². The zero-order valence-corrected chi connectivity index (χ0v) is 16.6. The van der Waals surface area contributed by atoms with Crippen LogP contribution in [0.15, 0.2) is 4.99 Å². The Morgan fingerprint density at radius 2 is 2.04 bits per heavy atom. The van der Waals surface area contributed by atoms with Crippen molar-refractivity contribution in [1.29, 1.82) is 0 Å². The van der Waals surface area contributed by atoms with Crippen molar-refractivity contribution in [3.63, 3.8) is 0 Å². The molecular formula is C18H37N5O. The van der Waals surface area contributed by atoms with Crippen LogP contribution < -0.4 is 10.6 Å². The summed E-state index contributed by atoms with van der Waals surface area (Å²) in [6.45, 7) is 14.7. The number of guanidine groups is 1. The second-order valence-corrected chi connectivity index (χ2v) is 8.17. The second-order valence-electron chi connectivity index (χ2n) is 8.17. The fraction of sp³-hybridized carbons (Fsp3) is 0.889. The zero-order valence-electron chi connectivity index (χ0n) is 16.6. The van der Waals surface area contributed by atoms with Gasteiger partial charge < -0.3 is 20.4 Å². The number of likely N-dealkylation sites (tertiary alicyclic amines) is 1. The summed E-state index contributed by atoms with van der Waals surface area (Å²) in [6.07, 6.45) is 0.976. The van der Waals surface area contributed by atoms with E-state index >= 15 is 0 Å². The number of nitrogens with zero attached hydrogens (tertiary/aromatic N) is 3. The molecule has 2 N–H and O–H groups in total. The van der Waals surface area contributed by atoms with E-state index in [0.717, 1.165) is 45.1 Å². The smallest absolute Gasteiger partial charge is 0.225 e. The van der Waals surface area contributed by atoms with Crippen molar-refractivity contribution in [1.82, 2.24) is 20.4 Å². The molecule has 1 fully saturated rings. The van der Waals surface area contributed by atoms with Gasteiger partial charge >= 0.3 is 0 Å². The Bertz CT molecular complexity index is 431. The van der Waals surface area contributed by atoms with Crippen LogP contribution in [-0.2, 0) is 4.79 Å². The molecule has 0 bridgehead atoms. The highest BCUT2D eigenvalue weighted by molar-refractivity contribution is 5.81. The molecule has 6 heteroatoms. The summed E-state index contributed by atoms with van der Waals surface area (Å²) >= 11 is 0. The van der Waals surface area contributed by atoms with Crippen molar-refractivity contribution < 1.29 is 4.79 Å². The van der Waals surface area contributed by atoms with Crippen LogP contribution >= 0.6 is 0 Å². The quantitative estimate of drug-likeness (QED) is 0.543. The highest BCUT2D eigenvalue weighted by Crippen LogP contribution is 2.16. The lowest BCUT2D eigenvalue weighted by molar-refractivity contribution is -0.133. The van der Waals surface area contributed by atoms with Gasteiger partial charge in [0.15, 0.2) is 5.96 Å². The lowest BCUT2D eigenvalue weighted by atomic mass is 9.93. The average Bonchev–Trinajstić information content (AvgIpc) is 2.91. The highest BCUT2D eigenvalue weighted by atomic mass is 16.2. The minimum atomic E-state index is 0.0671. The van der Waals surface area contributed by atoms with E-state index in [1.807, 2.05) is 18.7 Å². The first kappa shape index (κ1) is 20.7. The Balaban J connectivity index is 2.60. The van der Waals surface area contributed by atoms with E-state index in [9.17, 15) is 4.79 Å². The van der Waals surface area contributed by atoms with Gasteiger partial charge in [-0.2, -0.15) is 0 Å². The van der Waals surface area contributed by atoms with Crippen LogP contribution in [0.1, 0.15) is 41.0 Å². The maximum Gasteiger partial charge on any atom is 0.225 e. The number of hydrogen-bond acceptors (Lipinski definition) is 3. The molecule has 0 saturated carbocycles. The molecule has 1 atom stereocenters. The van der Waals surface area contributed by atoms with Crippen LogP contribution in [-0.4, -0.2) is 74.5 Å². The van der Waals surface area contributed by atoms with Gasteiger partial charge in [0.25, 0.3) is 0 Å². The highest BCUT2D eigenvalue weighted by Gasteiger charge is 2.28. The molecule has 0 spiro atoms. The van der Waals surface area contributed by atoms with Crippen molar-refractivity contribution in [2.24, 2.45) is 16.3 Å². The molecular weight excluding hydrogens is 302 g/mol. The van der Waals surface area contributed by atoms with Gasteiger partial charge in [0.1, 0.15) is 0 Å². The summed E-state index contributed by atoms with van der Waals surface area (Å²) in [7, 11) is 4.18. The maximum absolute atomic E-state index is 12.1. The van der Waals surface area contributed by atoms with E-state index in [4.69, 9.17) is 4.99 Å². The number of carbonyl (C=O) groups excluding carboxylic acids is 1. The van der Waals surface area contributed by atoms with Gasteiger partial charge in [0.2, 0.25) is 5.91 Å². The summed E-state index contributed by atoms with van der Waals surface area (Å²) in [4.78, 5) is 21.0. The van der Waals surface area contributed by atoms with Gasteiger partial charge in [-0.05, 0) is 32.9 Å². The van der Waals surface area contributed by atoms with Crippen LogP contribution in [0.4, 0.5) is 0 Å². The van der Waals surface area contributed by atoms with Crippen LogP contribution in [0, 0.1) is 11.3 Å². The molecule has 1 heterocycles. The Hall–Kier alpha value is -1.30. The third-order valence-electron chi connectivity index (χ3n) is 4.09. The van der Waals surface area contributed by atoms with Crippen molar-refractivity contribution in [2.45, 2.75) is 47.1 Å².